The molecule has 0 saturated carbocycles. The first-order chi connectivity index (χ1) is 6.52. The third kappa shape index (κ3) is 7.34. The number of unbranched alkanes of at least 4 members (excludes halogenated alkanes) is 2. The summed E-state index contributed by atoms with van der Waals surface area (Å²) in [6, 6.07) is 0. The summed E-state index contributed by atoms with van der Waals surface area (Å²) in [4.78, 5) is 0. The highest BCUT2D eigenvalue weighted by molar-refractivity contribution is 4.54. The topological polar surface area (TPSA) is 20.2 Å². The van der Waals surface area contributed by atoms with E-state index in [4.69, 9.17) is 0 Å². The molecule has 0 aromatic rings. The molecule has 0 aromatic heterocycles. The van der Waals surface area contributed by atoms with Gasteiger partial charge in [0.05, 0.1) is 20.6 Å². The maximum absolute atomic E-state index is 9.82. The Morgan fingerprint density at radius 1 is 1.07 bits per heavy atom. The number of quaternary nitrogens is 1. The Balaban J connectivity index is 3.63. The zero-order chi connectivity index (χ0) is 11.0. The summed E-state index contributed by atoms with van der Waals surface area (Å²) in [6.45, 7) is 6.45. The van der Waals surface area contributed by atoms with Crippen LogP contribution in [-0.2, 0) is 0 Å². The predicted molar refractivity (Wildman–Crippen MR) is 62.3 cm³/mol. The van der Waals surface area contributed by atoms with Crippen LogP contribution in [0.3, 0.4) is 0 Å². The number of nitrogens with zero attached hydrogens (tertiary/aromatic N) is 1. The summed E-state index contributed by atoms with van der Waals surface area (Å²) < 4.78 is 0.948. The molecule has 0 aliphatic heterocycles. The fourth-order valence-corrected chi connectivity index (χ4v) is 1.99. The average Bonchev–Trinajstić information content (AvgIpc) is 2.03. The zero-order valence-electron chi connectivity index (χ0n) is 10.4. The molecule has 0 aromatic carbocycles. The van der Waals surface area contributed by atoms with Crippen LogP contribution in [0.15, 0.2) is 0 Å². The lowest BCUT2D eigenvalue weighted by atomic mass is 10.1. The van der Waals surface area contributed by atoms with Crippen molar-refractivity contribution < 1.29 is 9.59 Å². The van der Waals surface area contributed by atoms with Crippen LogP contribution in [0, 0.1) is 0 Å². The van der Waals surface area contributed by atoms with Crippen LogP contribution >= 0.6 is 0 Å². The van der Waals surface area contributed by atoms with Crippen molar-refractivity contribution >= 4 is 0 Å². The Hall–Kier alpha value is -0.0800. The highest BCUT2D eigenvalue weighted by Crippen LogP contribution is 2.08. The SMILES string of the molecule is CCCCCC(O)C[N+](C)(C)CCC. The molecule has 0 heterocycles. The Labute approximate surface area is 89.5 Å². The smallest absolute Gasteiger partial charge is 0.105 e. The van der Waals surface area contributed by atoms with Crippen LogP contribution in [0.2, 0.25) is 0 Å². The largest absolute Gasteiger partial charge is 0.387 e. The quantitative estimate of drug-likeness (QED) is 0.473. The molecule has 0 fully saturated rings. The summed E-state index contributed by atoms with van der Waals surface area (Å²) in [5, 5.41) is 9.82. The van der Waals surface area contributed by atoms with Gasteiger partial charge in [0, 0.05) is 0 Å². The standard InChI is InChI=1S/C12H28NO/c1-5-7-8-9-12(14)11-13(3,4)10-6-2/h12,14H,5-11H2,1-4H3/q+1. The van der Waals surface area contributed by atoms with E-state index < -0.39 is 0 Å². The fraction of sp³-hybridized carbons (Fsp3) is 1.00. The van der Waals surface area contributed by atoms with E-state index in [1.165, 1.54) is 25.7 Å². The number of hydrogen-bond acceptors (Lipinski definition) is 1. The van der Waals surface area contributed by atoms with Gasteiger partial charge in [-0.2, -0.15) is 0 Å². The minimum absolute atomic E-state index is 0.108. The second kappa shape index (κ2) is 7.24. The van der Waals surface area contributed by atoms with Crippen LogP contribution in [0.25, 0.3) is 0 Å². The van der Waals surface area contributed by atoms with Crippen LogP contribution < -0.4 is 0 Å². The van der Waals surface area contributed by atoms with Gasteiger partial charge in [0.2, 0.25) is 0 Å². The van der Waals surface area contributed by atoms with Crippen LogP contribution in [0.1, 0.15) is 46.0 Å². The van der Waals surface area contributed by atoms with E-state index in [1.54, 1.807) is 0 Å². The maximum atomic E-state index is 9.82. The second-order valence-corrected chi connectivity index (χ2v) is 4.99. The fourth-order valence-electron chi connectivity index (χ4n) is 1.99. The molecule has 1 unspecified atom stereocenters. The zero-order valence-corrected chi connectivity index (χ0v) is 10.4. The van der Waals surface area contributed by atoms with E-state index in [2.05, 4.69) is 27.9 Å². The second-order valence-electron chi connectivity index (χ2n) is 4.99. The molecular weight excluding hydrogens is 174 g/mol. The predicted octanol–water partition coefficient (Wildman–Crippen LogP) is 2.41. The first-order valence-corrected chi connectivity index (χ1v) is 6.02. The van der Waals surface area contributed by atoms with Crippen molar-refractivity contribution in [3.05, 3.63) is 0 Å². The summed E-state index contributed by atoms with van der Waals surface area (Å²) >= 11 is 0. The average molecular weight is 202 g/mol. The summed E-state index contributed by atoms with van der Waals surface area (Å²) in [7, 11) is 4.40. The van der Waals surface area contributed by atoms with Crippen molar-refractivity contribution in [2.24, 2.45) is 0 Å². The van der Waals surface area contributed by atoms with Crippen molar-refractivity contribution in [3.63, 3.8) is 0 Å². The van der Waals surface area contributed by atoms with Gasteiger partial charge in [0.15, 0.2) is 0 Å². The Bertz CT molecular complexity index is 134. The Morgan fingerprint density at radius 3 is 2.21 bits per heavy atom. The summed E-state index contributed by atoms with van der Waals surface area (Å²) in [5.74, 6) is 0. The van der Waals surface area contributed by atoms with Gasteiger partial charge >= 0.3 is 0 Å². The van der Waals surface area contributed by atoms with Crippen molar-refractivity contribution in [1.82, 2.24) is 0 Å². The van der Waals surface area contributed by atoms with Gasteiger partial charge in [-0.3, -0.25) is 0 Å². The molecule has 0 aliphatic carbocycles. The summed E-state index contributed by atoms with van der Waals surface area (Å²) in [6.07, 6.45) is 5.71. The minimum atomic E-state index is -0.108. The van der Waals surface area contributed by atoms with Gasteiger partial charge in [0.25, 0.3) is 0 Å². The monoisotopic (exact) mass is 202 g/mol. The molecule has 86 valence electrons. The lowest BCUT2D eigenvalue weighted by molar-refractivity contribution is -0.893. The molecule has 0 spiro atoms. The molecule has 0 saturated heterocycles. The molecule has 0 rings (SSSR count). The maximum Gasteiger partial charge on any atom is 0.105 e. The first kappa shape index (κ1) is 13.9. The third-order valence-electron chi connectivity index (χ3n) is 2.67. The molecule has 0 aliphatic rings. The van der Waals surface area contributed by atoms with E-state index >= 15 is 0 Å². The van der Waals surface area contributed by atoms with Crippen molar-refractivity contribution in [1.29, 1.82) is 0 Å². The molecular formula is C12H28NO+. The van der Waals surface area contributed by atoms with E-state index in [0.29, 0.717) is 0 Å². The van der Waals surface area contributed by atoms with Crippen LogP contribution in [0.5, 0.6) is 0 Å². The van der Waals surface area contributed by atoms with Crippen molar-refractivity contribution in [2.75, 3.05) is 27.2 Å². The number of hydrogen-bond donors (Lipinski definition) is 1. The van der Waals surface area contributed by atoms with E-state index in [1.807, 2.05) is 0 Å². The molecule has 0 radical (unpaired) electrons. The minimum Gasteiger partial charge on any atom is -0.387 e. The van der Waals surface area contributed by atoms with Crippen LogP contribution in [0.4, 0.5) is 0 Å². The molecule has 1 N–H and O–H groups in total. The Kier molecular flexibility index (Phi) is 7.20. The van der Waals surface area contributed by atoms with Crippen molar-refractivity contribution in [2.45, 2.75) is 52.1 Å². The Morgan fingerprint density at radius 2 is 1.71 bits per heavy atom. The molecule has 2 heteroatoms. The number of likely N-dealkylation sites (N-methyl/N-ethyl adjacent to an activating group) is 1. The number of aliphatic hydroxyl groups excluding tert-OH is 1. The van der Waals surface area contributed by atoms with Gasteiger partial charge in [-0.1, -0.05) is 33.1 Å². The van der Waals surface area contributed by atoms with Gasteiger partial charge in [-0.05, 0) is 12.8 Å². The van der Waals surface area contributed by atoms with Crippen LogP contribution in [-0.4, -0.2) is 42.9 Å². The molecule has 0 amide bonds. The summed E-state index contributed by atoms with van der Waals surface area (Å²) in [5.41, 5.74) is 0. The molecule has 14 heavy (non-hydrogen) atoms. The molecule has 1 atom stereocenters. The van der Waals surface area contributed by atoms with Gasteiger partial charge in [0.1, 0.15) is 12.6 Å². The normalized spacial score (nSPS) is 14.4. The number of aliphatic hydroxyl groups is 1. The van der Waals surface area contributed by atoms with E-state index in [-0.39, 0.29) is 6.10 Å². The highest BCUT2D eigenvalue weighted by atomic mass is 16.3. The van der Waals surface area contributed by atoms with Crippen molar-refractivity contribution in [3.8, 4) is 0 Å². The van der Waals surface area contributed by atoms with E-state index in [0.717, 1.165) is 24.0 Å². The molecule has 2 nitrogen and oxygen atoms in total. The number of rotatable bonds is 8. The lowest BCUT2D eigenvalue weighted by Gasteiger charge is -2.31. The van der Waals surface area contributed by atoms with E-state index in [9.17, 15) is 5.11 Å². The van der Waals surface area contributed by atoms with Gasteiger partial charge < -0.3 is 9.59 Å². The third-order valence-corrected chi connectivity index (χ3v) is 2.67. The van der Waals surface area contributed by atoms with Gasteiger partial charge in [-0.25, -0.2) is 0 Å². The molecule has 0 bridgehead atoms. The highest BCUT2D eigenvalue weighted by Gasteiger charge is 2.18. The lowest BCUT2D eigenvalue weighted by Crippen LogP contribution is -2.45. The first-order valence-electron chi connectivity index (χ1n) is 6.02. The van der Waals surface area contributed by atoms with Gasteiger partial charge in [-0.15, -0.1) is 0 Å².